The van der Waals surface area contributed by atoms with E-state index in [4.69, 9.17) is 5.26 Å². The van der Waals surface area contributed by atoms with Crippen molar-refractivity contribution in [3.63, 3.8) is 0 Å². The zero-order valence-electron chi connectivity index (χ0n) is 14.2. The highest BCUT2D eigenvalue weighted by Crippen LogP contribution is 2.21. The number of hydrogen-bond acceptors (Lipinski definition) is 3. The fraction of sp³-hybridized carbons (Fsp3) is 0.579. The van der Waals surface area contributed by atoms with Gasteiger partial charge in [0.1, 0.15) is 0 Å². The molecule has 0 aromatic heterocycles. The van der Waals surface area contributed by atoms with Gasteiger partial charge in [-0.3, -0.25) is 4.79 Å². The molecule has 4 nitrogen and oxygen atoms in total. The molecule has 0 spiro atoms. The maximum Gasteiger partial charge on any atom is 0.220 e. The fourth-order valence-electron chi connectivity index (χ4n) is 3.15. The van der Waals surface area contributed by atoms with Crippen LogP contribution in [0.1, 0.15) is 51.5 Å². The van der Waals surface area contributed by atoms with Gasteiger partial charge in [-0.2, -0.15) is 5.26 Å². The van der Waals surface area contributed by atoms with Gasteiger partial charge in [-0.05, 0) is 43.0 Å². The van der Waals surface area contributed by atoms with E-state index >= 15 is 0 Å². The molecule has 2 rings (SSSR count). The van der Waals surface area contributed by atoms with Crippen molar-refractivity contribution in [1.82, 2.24) is 5.32 Å². The third kappa shape index (κ3) is 4.99. The molecule has 4 heteroatoms. The van der Waals surface area contributed by atoms with Gasteiger partial charge in [0, 0.05) is 31.2 Å². The van der Waals surface area contributed by atoms with Crippen molar-refractivity contribution in [1.29, 1.82) is 5.26 Å². The molecule has 0 unspecified atom stereocenters. The lowest BCUT2D eigenvalue weighted by Gasteiger charge is -2.34. The summed E-state index contributed by atoms with van der Waals surface area (Å²) in [5.41, 5.74) is 1.85. The molecule has 1 heterocycles. The molecule has 1 N–H and O–H groups in total. The van der Waals surface area contributed by atoms with Crippen LogP contribution in [0.3, 0.4) is 0 Å². The van der Waals surface area contributed by atoms with E-state index in [0.29, 0.717) is 23.9 Å². The van der Waals surface area contributed by atoms with Crippen LogP contribution in [0.15, 0.2) is 24.3 Å². The summed E-state index contributed by atoms with van der Waals surface area (Å²) in [6, 6.07) is 10.2. The smallest absolute Gasteiger partial charge is 0.220 e. The molecule has 1 aromatic rings. The van der Waals surface area contributed by atoms with Crippen LogP contribution in [0, 0.1) is 17.2 Å². The Labute approximate surface area is 139 Å². The van der Waals surface area contributed by atoms with E-state index in [1.165, 1.54) is 0 Å². The molecule has 1 aliphatic rings. The van der Waals surface area contributed by atoms with Crippen LogP contribution in [0.5, 0.6) is 0 Å². The van der Waals surface area contributed by atoms with Gasteiger partial charge in [-0.25, -0.2) is 0 Å². The molecule has 1 fully saturated rings. The first-order valence-electron chi connectivity index (χ1n) is 8.70. The van der Waals surface area contributed by atoms with Crippen LogP contribution in [0.2, 0.25) is 0 Å². The second-order valence-corrected chi connectivity index (χ2v) is 6.37. The van der Waals surface area contributed by atoms with Crippen LogP contribution in [0.4, 0.5) is 5.69 Å². The lowest BCUT2D eigenvalue weighted by Crippen LogP contribution is -2.45. The summed E-state index contributed by atoms with van der Waals surface area (Å²) in [6.45, 7) is 6.19. The molecule has 0 aliphatic carbocycles. The molecular formula is C19H27N3O. The summed E-state index contributed by atoms with van der Waals surface area (Å²) < 4.78 is 0. The van der Waals surface area contributed by atoms with E-state index in [1.54, 1.807) is 0 Å². The van der Waals surface area contributed by atoms with E-state index in [9.17, 15) is 4.79 Å². The molecule has 0 bridgehead atoms. The highest BCUT2D eigenvalue weighted by atomic mass is 16.1. The van der Waals surface area contributed by atoms with Crippen LogP contribution >= 0.6 is 0 Å². The first kappa shape index (κ1) is 17.3. The lowest BCUT2D eigenvalue weighted by atomic mass is 9.98. The number of benzene rings is 1. The number of piperidine rings is 1. The lowest BCUT2D eigenvalue weighted by molar-refractivity contribution is -0.122. The van der Waals surface area contributed by atoms with Crippen molar-refractivity contribution in [3.8, 4) is 6.07 Å². The summed E-state index contributed by atoms with van der Waals surface area (Å²) in [6.07, 6.45) is 4.76. The first-order chi connectivity index (χ1) is 11.2. The van der Waals surface area contributed by atoms with Crippen molar-refractivity contribution >= 4 is 11.6 Å². The molecule has 23 heavy (non-hydrogen) atoms. The number of amides is 1. The molecule has 124 valence electrons. The van der Waals surface area contributed by atoms with E-state index in [-0.39, 0.29) is 5.91 Å². The fourth-order valence-corrected chi connectivity index (χ4v) is 3.15. The zero-order chi connectivity index (χ0) is 16.7. The molecule has 1 aromatic carbocycles. The number of nitrogens with one attached hydrogen (secondary N) is 1. The highest BCUT2D eigenvalue weighted by molar-refractivity contribution is 5.76. The minimum atomic E-state index is 0.204. The van der Waals surface area contributed by atoms with Crippen LogP contribution in [-0.2, 0) is 4.79 Å². The number of rotatable bonds is 6. The Morgan fingerprint density at radius 2 is 1.87 bits per heavy atom. The molecule has 1 saturated heterocycles. The highest BCUT2D eigenvalue weighted by Gasteiger charge is 2.21. The normalized spacial score (nSPS) is 15.5. The molecular weight excluding hydrogens is 286 g/mol. The number of carbonyl (C=O) groups is 1. The topological polar surface area (TPSA) is 56.1 Å². The van der Waals surface area contributed by atoms with Crippen LogP contribution < -0.4 is 10.2 Å². The van der Waals surface area contributed by atoms with Crippen molar-refractivity contribution in [2.24, 2.45) is 5.92 Å². The van der Waals surface area contributed by atoms with E-state index in [2.05, 4.69) is 30.1 Å². The Hall–Kier alpha value is -2.02. The largest absolute Gasteiger partial charge is 0.371 e. The Kier molecular flexibility index (Phi) is 6.46. The van der Waals surface area contributed by atoms with Crippen molar-refractivity contribution in [2.45, 2.75) is 52.0 Å². The summed E-state index contributed by atoms with van der Waals surface area (Å²) in [5, 5.41) is 12.1. The predicted molar refractivity (Wildman–Crippen MR) is 93.2 cm³/mol. The second-order valence-electron chi connectivity index (χ2n) is 6.37. The summed E-state index contributed by atoms with van der Waals surface area (Å²) in [4.78, 5) is 14.4. The third-order valence-electron chi connectivity index (χ3n) is 4.85. The monoisotopic (exact) mass is 313 g/mol. The van der Waals surface area contributed by atoms with Gasteiger partial charge in [0.25, 0.3) is 0 Å². The maximum absolute atomic E-state index is 12.1. The molecule has 1 aliphatic heterocycles. The SMILES string of the molecule is CCC(CC)CC(=O)NC1CCN(c2ccc(C#N)cc2)CC1. The van der Waals surface area contributed by atoms with Crippen LogP contribution in [-0.4, -0.2) is 25.0 Å². The van der Waals surface area contributed by atoms with Gasteiger partial charge in [0.2, 0.25) is 5.91 Å². The number of hydrogen-bond donors (Lipinski definition) is 1. The van der Waals surface area contributed by atoms with Crippen LogP contribution in [0.25, 0.3) is 0 Å². The first-order valence-corrected chi connectivity index (χ1v) is 8.70. The van der Waals surface area contributed by atoms with Gasteiger partial charge in [0.05, 0.1) is 11.6 Å². The minimum absolute atomic E-state index is 0.204. The maximum atomic E-state index is 12.1. The van der Waals surface area contributed by atoms with Gasteiger partial charge in [-0.1, -0.05) is 26.7 Å². The number of anilines is 1. The van der Waals surface area contributed by atoms with E-state index in [1.807, 2.05) is 24.3 Å². The number of nitriles is 1. The van der Waals surface area contributed by atoms with Gasteiger partial charge in [0.15, 0.2) is 0 Å². The van der Waals surface area contributed by atoms with E-state index < -0.39 is 0 Å². The van der Waals surface area contributed by atoms with Crippen molar-refractivity contribution < 1.29 is 4.79 Å². The third-order valence-corrected chi connectivity index (χ3v) is 4.85. The average molecular weight is 313 g/mol. The number of carbonyl (C=O) groups excluding carboxylic acids is 1. The Bertz CT molecular complexity index is 535. The summed E-state index contributed by atoms with van der Waals surface area (Å²) in [5.74, 6) is 0.712. The minimum Gasteiger partial charge on any atom is -0.371 e. The quantitative estimate of drug-likeness (QED) is 0.875. The Balaban J connectivity index is 1.79. The molecule has 0 saturated carbocycles. The second kappa shape index (κ2) is 8.57. The average Bonchev–Trinajstić information content (AvgIpc) is 2.60. The molecule has 0 radical (unpaired) electrons. The van der Waals surface area contributed by atoms with Gasteiger partial charge < -0.3 is 10.2 Å². The molecule has 0 atom stereocenters. The summed E-state index contributed by atoms with van der Waals surface area (Å²) in [7, 11) is 0. The van der Waals surface area contributed by atoms with Gasteiger partial charge in [-0.15, -0.1) is 0 Å². The molecule has 1 amide bonds. The zero-order valence-corrected chi connectivity index (χ0v) is 14.2. The number of nitrogens with zero attached hydrogens (tertiary/aromatic N) is 2. The summed E-state index contributed by atoms with van der Waals surface area (Å²) >= 11 is 0. The van der Waals surface area contributed by atoms with Crippen molar-refractivity contribution in [3.05, 3.63) is 29.8 Å². The standard InChI is InChI=1S/C19H27N3O/c1-3-15(4-2)13-19(23)21-17-9-11-22(12-10-17)18-7-5-16(14-20)6-8-18/h5-8,15,17H,3-4,9-13H2,1-2H3,(H,21,23). The van der Waals surface area contributed by atoms with E-state index in [0.717, 1.165) is 44.5 Å². The van der Waals surface area contributed by atoms with Gasteiger partial charge >= 0.3 is 0 Å². The Morgan fingerprint density at radius 1 is 1.26 bits per heavy atom. The predicted octanol–water partition coefficient (Wildman–Crippen LogP) is 3.47. The van der Waals surface area contributed by atoms with Crippen molar-refractivity contribution in [2.75, 3.05) is 18.0 Å². The Morgan fingerprint density at radius 3 is 2.39 bits per heavy atom.